The molecule has 3 aromatic rings. The normalized spacial score (nSPS) is 21.7. The molecule has 3 heterocycles. The summed E-state index contributed by atoms with van der Waals surface area (Å²) in [6, 6.07) is 17.9. The molecule has 1 aromatic heterocycles. The number of aliphatic hydroxyl groups is 1. The summed E-state index contributed by atoms with van der Waals surface area (Å²) in [6.07, 6.45) is 5.81. The van der Waals surface area contributed by atoms with Gasteiger partial charge in [-0.15, -0.1) is 0 Å². The van der Waals surface area contributed by atoms with Crippen molar-refractivity contribution in [1.29, 1.82) is 0 Å². The molecule has 252 valence electrons. The average molecular weight is 645 g/mol. The van der Waals surface area contributed by atoms with E-state index in [0.717, 1.165) is 80.2 Å². The fourth-order valence-corrected chi connectivity index (χ4v) is 6.10. The van der Waals surface area contributed by atoms with Crippen molar-refractivity contribution in [3.05, 3.63) is 89.2 Å². The molecule has 5 rings (SSSR count). The summed E-state index contributed by atoms with van der Waals surface area (Å²) < 4.78 is 13.3. The molecule has 47 heavy (non-hydrogen) atoms. The van der Waals surface area contributed by atoms with E-state index in [1.807, 2.05) is 54.6 Å². The van der Waals surface area contributed by atoms with Crippen molar-refractivity contribution in [2.45, 2.75) is 71.2 Å². The monoisotopic (exact) mass is 644 g/mol. The van der Waals surface area contributed by atoms with E-state index >= 15 is 0 Å². The lowest BCUT2D eigenvalue weighted by atomic mass is 9.90. The van der Waals surface area contributed by atoms with Crippen molar-refractivity contribution in [3.63, 3.8) is 0 Å². The number of hydrogen-bond donors (Lipinski definition) is 3. The molecule has 3 N–H and O–H groups in total. The molecule has 0 aliphatic carbocycles. The first-order valence-corrected chi connectivity index (χ1v) is 16.7. The molecule has 2 saturated heterocycles. The summed E-state index contributed by atoms with van der Waals surface area (Å²) in [4.78, 5) is 36.8. The Hall–Kier alpha value is -3.90. The van der Waals surface area contributed by atoms with Crippen molar-refractivity contribution in [2.24, 2.45) is 5.92 Å². The second kappa shape index (κ2) is 17.3. The summed E-state index contributed by atoms with van der Waals surface area (Å²) >= 11 is 0. The van der Waals surface area contributed by atoms with Gasteiger partial charge >= 0.3 is 0 Å². The number of carbonyl (C=O) groups excluding carboxylic acids is 2. The minimum atomic E-state index is -0.543. The van der Waals surface area contributed by atoms with E-state index in [-0.39, 0.29) is 36.5 Å². The zero-order valence-electron chi connectivity index (χ0n) is 27.5. The van der Waals surface area contributed by atoms with Crippen molar-refractivity contribution in [1.82, 2.24) is 25.5 Å². The summed E-state index contributed by atoms with van der Waals surface area (Å²) in [6.45, 7) is 9.08. The predicted molar refractivity (Wildman–Crippen MR) is 179 cm³/mol. The van der Waals surface area contributed by atoms with Crippen LogP contribution in [0.5, 0.6) is 0 Å². The van der Waals surface area contributed by atoms with Crippen LogP contribution in [0.4, 0.5) is 5.95 Å². The van der Waals surface area contributed by atoms with E-state index in [1.165, 1.54) is 6.92 Å². The van der Waals surface area contributed by atoms with E-state index in [2.05, 4.69) is 37.3 Å². The summed E-state index contributed by atoms with van der Waals surface area (Å²) in [5.74, 6) is 0.869. The van der Waals surface area contributed by atoms with E-state index in [9.17, 15) is 14.7 Å². The molecule has 11 nitrogen and oxygen atoms in total. The predicted octanol–water partition coefficient (Wildman–Crippen LogP) is 3.90. The third kappa shape index (κ3) is 10.0. The van der Waals surface area contributed by atoms with Gasteiger partial charge in [-0.25, -0.2) is 9.97 Å². The molecule has 0 saturated carbocycles. The Labute approximate surface area is 277 Å². The Balaban J connectivity index is 1.18. The fraction of sp³-hybridized carbons (Fsp3) is 0.500. The van der Waals surface area contributed by atoms with Crippen LogP contribution in [0.2, 0.25) is 0 Å². The first-order valence-electron chi connectivity index (χ1n) is 16.7. The molecule has 11 heteroatoms. The van der Waals surface area contributed by atoms with Crippen LogP contribution >= 0.6 is 0 Å². The van der Waals surface area contributed by atoms with Crippen molar-refractivity contribution in [2.75, 3.05) is 44.2 Å². The molecular weight excluding hydrogens is 596 g/mol. The van der Waals surface area contributed by atoms with Crippen LogP contribution in [-0.2, 0) is 32.2 Å². The Kier molecular flexibility index (Phi) is 12.7. The second-order valence-corrected chi connectivity index (χ2v) is 12.5. The van der Waals surface area contributed by atoms with Crippen molar-refractivity contribution < 1.29 is 24.2 Å². The lowest BCUT2D eigenvalue weighted by Gasteiger charge is -2.44. The van der Waals surface area contributed by atoms with Crippen LogP contribution in [0, 0.1) is 5.92 Å². The molecule has 0 unspecified atom stereocenters. The number of unbranched alkanes of at least 4 members (excludes halogenated alkanes) is 2. The van der Waals surface area contributed by atoms with Gasteiger partial charge in [0.1, 0.15) is 0 Å². The minimum Gasteiger partial charge on any atom is -0.392 e. The third-order valence-corrected chi connectivity index (χ3v) is 8.96. The first kappa shape index (κ1) is 34.4. The van der Waals surface area contributed by atoms with E-state index in [1.54, 1.807) is 12.4 Å². The molecule has 0 radical (unpaired) electrons. The molecule has 2 fully saturated rings. The third-order valence-electron chi connectivity index (χ3n) is 8.96. The smallest absolute Gasteiger partial charge is 0.225 e. The van der Waals surface area contributed by atoms with E-state index in [4.69, 9.17) is 9.47 Å². The Bertz CT molecular complexity index is 1400. The molecule has 2 aliphatic rings. The number of piperazine rings is 1. The van der Waals surface area contributed by atoms with Gasteiger partial charge in [-0.05, 0) is 35.6 Å². The largest absolute Gasteiger partial charge is 0.392 e. The van der Waals surface area contributed by atoms with Gasteiger partial charge in [-0.2, -0.15) is 0 Å². The number of anilines is 1. The maximum absolute atomic E-state index is 12.4. The standard InChI is InChI=1S/C36H48N6O5/c1-26-32(24-41-19-21-42(22-20-41)36-38-17-6-18-39-36)46-35(47-34(26)30-12-10-29(25-43)11-13-30)31-14-8-28(9-15-31)23-40-33(45)7-4-3-5-16-37-27(2)44/h6,8-15,17-18,26,32,34-35,43H,3-5,7,16,19-25H2,1-2H3,(H,37,44)(H,40,45)/t26-,32+,34+,35+/m1/s1. The number of hydrogen-bond acceptors (Lipinski definition) is 9. The number of benzene rings is 2. The van der Waals surface area contributed by atoms with Crippen molar-refractivity contribution in [3.8, 4) is 0 Å². The number of amides is 2. The maximum atomic E-state index is 12.4. The Morgan fingerprint density at radius 1 is 0.872 bits per heavy atom. The number of nitrogens with one attached hydrogen (secondary N) is 2. The van der Waals surface area contributed by atoms with Crippen LogP contribution < -0.4 is 15.5 Å². The first-order chi connectivity index (χ1) is 22.9. The highest BCUT2D eigenvalue weighted by atomic mass is 16.7. The number of nitrogens with zero attached hydrogens (tertiary/aromatic N) is 4. The van der Waals surface area contributed by atoms with Gasteiger partial charge in [-0.3, -0.25) is 14.5 Å². The second-order valence-electron chi connectivity index (χ2n) is 12.5. The number of carbonyl (C=O) groups is 2. The zero-order chi connectivity index (χ0) is 33.0. The zero-order valence-corrected chi connectivity index (χ0v) is 27.5. The van der Waals surface area contributed by atoms with Crippen LogP contribution in [0.1, 0.15) is 74.2 Å². The lowest BCUT2D eigenvalue weighted by molar-refractivity contribution is -0.276. The SMILES string of the molecule is CC(=O)NCCCCCC(=O)NCc1ccc([C@H]2O[C@@H](CN3CCN(c4ncccn4)CC3)[C@@H](C)[C@@H](c3ccc(CO)cc3)O2)cc1. The summed E-state index contributed by atoms with van der Waals surface area (Å²) in [7, 11) is 0. The number of aromatic nitrogens is 2. The van der Waals surface area contributed by atoms with Crippen LogP contribution in [0.3, 0.4) is 0 Å². The summed E-state index contributed by atoms with van der Waals surface area (Å²) in [5, 5.41) is 15.4. The molecule has 2 amide bonds. The molecule has 4 atom stereocenters. The van der Waals surface area contributed by atoms with Gasteiger partial charge < -0.3 is 30.1 Å². The number of ether oxygens (including phenoxy) is 2. The topological polar surface area (TPSA) is 129 Å². The Morgan fingerprint density at radius 3 is 2.23 bits per heavy atom. The van der Waals surface area contributed by atoms with E-state index < -0.39 is 6.29 Å². The number of rotatable bonds is 14. The molecular formula is C36H48N6O5. The quantitative estimate of drug-likeness (QED) is 0.224. The Morgan fingerprint density at radius 2 is 1.55 bits per heavy atom. The maximum Gasteiger partial charge on any atom is 0.225 e. The molecule has 0 spiro atoms. The van der Waals surface area contributed by atoms with Gasteiger partial charge in [0.2, 0.25) is 17.8 Å². The fourth-order valence-electron chi connectivity index (χ4n) is 6.10. The molecule has 0 bridgehead atoms. The minimum absolute atomic E-state index is 0.00244. The van der Waals surface area contributed by atoms with Gasteiger partial charge in [0.05, 0.1) is 18.8 Å². The lowest BCUT2D eigenvalue weighted by Crippen LogP contribution is -2.51. The molecule has 2 aliphatic heterocycles. The highest BCUT2D eigenvalue weighted by Crippen LogP contribution is 2.42. The van der Waals surface area contributed by atoms with Gasteiger partial charge in [0.15, 0.2) is 6.29 Å². The highest BCUT2D eigenvalue weighted by molar-refractivity contribution is 5.75. The van der Waals surface area contributed by atoms with Crippen LogP contribution in [0.25, 0.3) is 0 Å². The average Bonchev–Trinajstić information content (AvgIpc) is 3.10. The van der Waals surface area contributed by atoms with Gasteiger partial charge in [0, 0.05) is 83.0 Å². The summed E-state index contributed by atoms with van der Waals surface area (Å²) in [5.41, 5.74) is 3.86. The van der Waals surface area contributed by atoms with E-state index in [0.29, 0.717) is 19.5 Å². The highest BCUT2D eigenvalue weighted by Gasteiger charge is 2.39. The van der Waals surface area contributed by atoms with Crippen LogP contribution in [0.15, 0.2) is 67.0 Å². The molecule has 2 aromatic carbocycles. The van der Waals surface area contributed by atoms with Gasteiger partial charge in [-0.1, -0.05) is 61.9 Å². The van der Waals surface area contributed by atoms with Crippen LogP contribution in [-0.4, -0.2) is 77.2 Å². The number of aliphatic hydroxyl groups excluding tert-OH is 1. The van der Waals surface area contributed by atoms with Crippen molar-refractivity contribution >= 4 is 17.8 Å². The van der Waals surface area contributed by atoms with Gasteiger partial charge in [0.25, 0.3) is 0 Å².